The van der Waals surface area contributed by atoms with Crippen LogP contribution in [0.15, 0.2) is 23.0 Å². The Hall–Kier alpha value is -2.45. The second kappa shape index (κ2) is 10.7. The third-order valence-electron chi connectivity index (χ3n) is 7.66. The van der Waals surface area contributed by atoms with Gasteiger partial charge in [-0.1, -0.05) is 6.07 Å². The summed E-state index contributed by atoms with van der Waals surface area (Å²) in [6, 6.07) is 5.39. The van der Waals surface area contributed by atoms with Gasteiger partial charge in [-0.05, 0) is 87.8 Å². The number of imidazole rings is 1. The first-order valence-electron chi connectivity index (χ1n) is 12.3. The molecule has 1 amide bonds. The number of fused-ring (bicyclic) bond motifs is 1. The highest BCUT2D eigenvalue weighted by molar-refractivity contribution is 5.84. The van der Waals surface area contributed by atoms with Crippen LogP contribution in [0.2, 0.25) is 0 Å². The number of nitrogens with zero attached hydrogens (tertiary/aromatic N) is 3. The molecule has 0 spiro atoms. The minimum atomic E-state index is -0.698. The molecule has 2 aliphatic rings. The number of aromatic nitrogens is 2. The van der Waals surface area contributed by atoms with E-state index < -0.39 is 6.04 Å². The number of likely N-dealkylation sites (tertiary alicyclic amines) is 1. The van der Waals surface area contributed by atoms with Crippen molar-refractivity contribution in [1.82, 2.24) is 24.7 Å². The van der Waals surface area contributed by atoms with Gasteiger partial charge in [0.05, 0.1) is 11.0 Å². The van der Waals surface area contributed by atoms with E-state index in [1.165, 1.54) is 48.9 Å². The van der Waals surface area contributed by atoms with Gasteiger partial charge in [-0.25, -0.2) is 4.79 Å². The summed E-state index contributed by atoms with van der Waals surface area (Å²) in [4.78, 5) is 39.0. The number of aldehydes is 1. The molecule has 4 rings (SSSR count). The van der Waals surface area contributed by atoms with Crippen LogP contribution >= 0.6 is 0 Å². The van der Waals surface area contributed by atoms with Crippen LogP contribution in [0.5, 0.6) is 0 Å². The lowest BCUT2D eigenvalue weighted by Gasteiger charge is -2.37. The van der Waals surface area contributed by atoms with Gasteiger partial charge < -0.3 is 15.4 Å². The van der Waals surface area contributed by atoms with Gasteiger partial charge in [-0.2, -0.15) is 0 Å². The van der Waals surface area contributed by atoms with Gasteiger partial charge in [0, 0.05) is 27.1 Å². The summed E-state index contributed by atoms with van der Waals surface area (Å²) in [7, 11) is 3.30. The maximum Gasteiger partial charge on any atom is 0.329 e. The van der Waals surface area contributed by atoms with Crippen molar-refractivity contribution in [2.75, 3.05) is 33.2 Å². The molecular formula is C25H37N5O3. The number of rotatable bonds is 8. The fourth-order valence-electron chi connectivity index (χ4n) is 5.73. The first kappa shape index (κ1) is 23.7. The molecule has 2 N–H and O–H groups in total. The van der Waals surface area contributed by atoms with Crippen LogP contribution < -0.4 is 16.3 Å². The zero-order valence-corrected chi connectivity index (χ0v) is 19.9. The fourth-order valence-corrected chi connectivity index (χ4v) is 5.73. The summed E-state index contributed by atoms with van der Waals surface area (Å²) in [5.74, 6) is 1.48. The van der Waals surface area contributed by atoms with E-state index in [0.29, 0.717) is 6.42 Å². The lowest BCUT2D eigenvalue weighted by molar-refractivity contribution is -0.124. The van der Waals surface area contributed by atoms with Crippen LogP contribution in [0.25, 0.3) is 11.0 Å². The highest BCUT2D eigenvalue weighted by Crippen LogP contribution is 2.31. The Morgan fingerprint density at radius 2 is 1.85 bits per heavy atom. The smallest absolute Gasteiger partial charge is 0.329 e. The Kier molecular flexibility index (Phi) is 7.65. The average molecular weight is 456 g/mol. The summed E-state index contributed by atoms with van der Waals surface area (Å²) in [5.41, 5.74) is 2.50. The molecule has 0 saturated carbocycles. The number of piperidine rings is 2. The van der Waals surface area contributed by atoms with Gasteiger partial charge in [0.1, 0.15) is 12.3 Å². The molecule has 3 heterocycles. The van der Waals surface area contributed by atoms with Gasteiger partial charge in [0.25, 0.3) is 0 Å². The van der Waals surface area contributed by atoms with Crippen molar-refractivity contribution in [2.45, 2.75) is 51.1 Å². The molecular weight excluding hydrogens is 418 g/mol. The number of hydrogen-bond acceptors (Lipinski definition) is 5. The molecule has 180 valence electrons. The number of carbonyl (C=O) groups excluding carboxylic acids is 2. The zero-order chi connectivity index (χ0) is 23.4. The number of carbonyl (C=O) groups is 2. The molecule has 33 heavy (non-hydrogen) atoms. The molecule has 0 bridgehead atoms. The first-order chi connectivity index (χ1) is 16.0. The van der Waals surface area contributed by atoms with Crippen molar-refractivity contribution < 1.29 is 9.59 Å². The number of amides is 1. The highest BCUT2D eigenvalue weighted by atomic mass is 16.2. The van der Waals surface area contributed by atoms with E-state index in [4.69, 9.17) is 0 Å². The summed E-state index contributed by atoms with van der Waals surface area (Å²) in [5, 5.41) is 6.10. The lowest BCUT2D eigenvalue weighted by atomic mass is 9.79. The van der Waals surface area contributed by atoms with Crippen LogP contribution in [0.1, 0.15) is 50.1 Å². The SMILES string of the molecule is CNC(=O)C(CCC=O)n1c(=O)n(C)c2cc(CN3CCC(C4CCNCC4)CC3)ccc21. The van der Waals surface area contributed by atoms with E-state index in [2.05, 4.69) is 27.7 Å². The number of benzene rings is 1. The van der Waals surface area contributed by atoms with Crippen LogP contribution in [0.3, 0.4) is 0 Å². The van der Waals surface area contributed by atoms with Crippen molar-refractivity contribution in [1.29, 1.82) is 0 Å². The van der Waals surface area contributed by atoms with Crippen molar-refractivity contribution in [2.24, 2.45) is 18.9 Å². The molecule has 8 nitrogen and oxygen atoms in total. The third-order valence-corrected chi connectivity index (χ3v) is 7.66. The molecule has 2 aromatic rings. The highest BCUT2D eigenvalue weighted by Gasteiger charge is 2.28. The number of nitrogens with one attached hydrogen (secondary N) is 2. The van der Waals surface area contributed by atoms with Crippen molar-refractivity contribution >= 4 is 23.2 Å². The van der Waals surface area contributed by atoms with Crippen molar-refractivity contribution in [3.8, 4) is 0 Å². The van der Waals surface area contributed by atoms with Gasteiger partial charge in [0.15, 0.2) is 0 Å². The van der Waals surface area contributed by atoms with Gasteiger partial charge >= 0.3 is 5.69 Å². The van der Waals surface area contributed by atoms with E-state index >= 15 is 0 Å². The number of hydrogen-bond donors (Lipinski definition) is 2. The van der Waals surface area contributed by atoms with Crippen LogP contribution in [0.4, 0.5) is 0 Å². The van der Waals surface area contributed by atoms with E-state index in [-0.39, 0.29) is 18.0 Å². The Morgan fingerprint density at radius 1 is 1.15 bits per heavy atom. The van der Waals surface area contributed by atoms with Crippen LogP contribution in [0, 0.1) is 11.8 Å². The number of likely N-dealkylation sites (N-methyl/N-ethyl adjacent to an activating group) is 1. The second-order valence-electron chi connectivity index (χ2n) is 9.61. The van der Waals surface area contributed by atoms with Crippen molar-refractivity contribution in [3.63, 3.8) is 0 Å². The summed E-state index contributed by atoms with van der Waals surface area (Å²) in [6.45, 7) is 5.45. The second-order valence-corrected chi connectivity index (χ2v) is 9.61. The van der Waals surface area contributed by atoms with E-state index in [1.54, 1.807) is 18.7 Å². The van der Waals surface area contributed by atoms with E-state index in [0.717, 1.165) is 48.8 Å². The van der Waals surface area contributed by atoms with Gasteiger partial charge in [0.2, 0.25) is 5.91 Å². The maximum absolute atomic E-state index is 13.0. The third kappa shape index (κ3) is 5.06. The Bertz CT molecular complexity index is 1030. The largest absolute Gasteiger partial charge is 0.357 e. The standard InChI is InChI=1S/C25H37N5O3/c1-26-24(32)22(4-3-15-31)30-21-6-5-18(16-23(21)28(2)25(30)33)17-29-13-9-20(10-14-29)19-7-11-27-12-8-19/h5-6,15-16,19-20,22,27H,3-4,7-14,17H2,1-2H3,(H,26,32). The first-order valence-corrected chi connectivity index (χ1v) is 12.3. The molecule has 0 radical (unpaired) electrons. The van der Waals surface area contributed by atoms with Gasteiger partial charge in [-0.15, -0.1) is 0 Å². The lowest BCUT2D eigenvalue weighted by Crippen LogP contribution is -2.39. The molecule has 1 atom stereocenters. The minimum Gasteiger partial charge on any atom is -0.357 e. The van der Waals surface area contributed by atoms with E-state index in [1.807, 2.05) is 6.07 Å². The average Bonchev–Trinajstić information content (AvgIpc) is 3.10. The Labute approximate surface area is 195 Å². The molecule has 2 fully saturated rings. The predicted octanol–water partition coefficient (Wildman–Crippen LogP) is 1.82. The molecule has 8 heteroatoms. The van der Waals surface area contributed by atoms with E-state index in [9.17, 15) is 14.4 Å². The summed E-state index contributed by atoms with van der Waals surface area (Å²) in [6.07, 6.45) is 6.49. The predicted molar refractivity (Wildman–Crippen MR) is 129 cm³/mol. The molecule has 0 aliphatic carbocycles. The molecule has 1 aromatic carbocycles. The van der Waals surface area contributed by atoms with Crippen molar-refractivity contribution in [3.05, 3.63) is 34.2 Å². The normalized spacial score (nSPS) is 19.6. The van der Waals surface area contributed by atoms with Gasteiger partial charge in [-0.3, -0.25) is 18.8 Å². The molecule has 2 saturated heterocycles. The molecule has 1 aromatic heterocycles. The summed E-state index contributed by atoms with van der Waals surface area (Å²) >= 11 is 0. The fraction of sp³-hybridized carbons (Fsp3) is 0.640. The minimum absolute atomic E-state index is 0.228. The monoisotopic (exact) mass is 455 g/mol. The van der Waals surface area contributed by atoms with Crippen LogP contribution in [-0.2, 0) is 23.2 Å². The quantitative estimate of drug-likeness (QED) is 0.593. The number of aryl methyl sites for hydroxylation is 1. The maximum atomic E-state index is 13.0. The molecule has 1 unspecified atom stereocenters. The Balaban J connectivity index is 1.49. The zero-order valence-electron chi connectivity index (χ0n) is 19.9. The summed E-state index contributed by atoms with van der Waals surface area (Å²) < 4.78 is 3.14. The molecule has 2 aliphatic heterocycles. The Morgan fingerprint density at radius 3 is 2.52 bits per heavy atom. The topological polar surface area (TPSA) is 88.4 Å². The van der Waals surface area contributed by atoms with Crippen LogP contribution in [-0.4, -0.2) is 59.5 Å².